The van der Waals surface area contributed by atoms with Gasteiger partial charge in [0.1, 0.15) is 19.0 Å². The lowest BCUT2D eigenvalue weighted by atomic mass is 10.1. The molecule has 132 valence electrons. The summed E-state index contributed by atoms with van der Waals surface area (Å²) in [5.74, 6) is 0.189. The normalized spacial score (nSPS) is 10.4. The molecule has 0 N–H and O–H groups in total. The Morgan fingerprint density at radius 1 is 0.885 bits per heavy atom. The number of pyridine rings is 1. The first kappa shape index (κ1) is 17.7. The lowest BCUT2D eigenvalue weighted by molar-refractivity contribution is 0.0465. The fraction of sp³-hybridized carbons (Fsp3) is 0.182. The van der Waals surface area contributed by atoms with Crippen LogP contribution in [-0.2, 0) is 18.0 Å². The van der Waals surface area contributed by atoms with Crippen molar-refractivity contribution in [3.05, 3.63) is 94.8 Å². The summed E-state index contributed by atoms with van der Waals surface area (Å²) in [6, 6.07) is 21.1. The molecule has 0 spiro atoms. The average Bonchev–Trinajstić information content (AvgIpc) is 2.68. The van der Waals surface area contributed by atoms with Crippen LogP contribution in [0.3, 0.4) is 0 Å². The Balaban J connectivity index is 1.71. The first-order chi connectivity index (χ1) is 12.6. The molecule has 1 heterocycles. The molecule has 0 bridgehead atoms. The van der Waals surface area contributed by atoms with Gasteiger partial charge in [-0.15, -0.1) is 0 Å². The highest BCUT2D eigenvalue weighted by molar-refractivity contribution is 5.88. The maximum Gasteiger partial charge on any atom is 0.357 e. The molecule has 0 aliphatic carbocycles. The summed E-state index contributed by atoms with van der Waals surface area (Å²) < 4.78 is 11.3. The van der Waals surface area contributed by atoms with Crippen LogP contribution in [0.15, 0.2) is 66.7 Å². The maximum absolute atomic E-state index is 12.4. The predicted octanol–water partition coefficient (Wildman–Crippen LogP) is 4.63. The SMILES string of the molecule is Cc1nc(C(=O)OCc2ccccc2)cc(OCc2ccccc2)c1C. The summed E-state index contributed by atoms with van der Waals surface area (Å²) in [4.78, 5) is 16.7. The number of carbonyl (C=O) groups is 1. The largest absolute Gasteiger partial charge is 0.488 e. The summed E-state index contributed by atoms with van der Waals surface area (Å²) in [5.41, 5.74) is 3.93. The summed E-state index contributed by atoms with van der Waals surface area (Å²) in [6.45, 7) is 4.44. The lowest BCUT2D eigenvalue weighted by Gasteiger charge is -2.13. The van der Waals surface area contributed by atoms with Crippen molar-refractivity contribution in [1.29, 1.82) is 0 Å². The molecule has 0 fully saturated rings. The number of ether oxygens (including phenoxy) is 2. The van der Waals surface area contributed by atoms with E-state index in [-0.39, 0.29) is 12.3 Å². The van der Waals surface area contributed by atoms with Crippen LogP contribution < -0.4 is 4.74 Å². The van der Waals surface area contributed by atoms with Gasteiger partial charge in [0.25, 0.3) is 0 Å². The summed E-state index contributed by atoms with van der Waals surface area (Å²) >= 11 is 0. The number of nitrogens with zero attached hydrogens (tertiary/aromatic N) is 1. The zero-order valence-corrected chi connectivity index (χ0v) is 14.9. The zero-order valence-electron chi connectivity index (χ0n) is 14.9. The molecule has 2 aromatic carbocycles. The molecule has 26 heavy (non-hydrogen) atoms. The monoisotopic (exact) mass is 347 g/mol. The average molecular weight is 347 g/mol. The number of rotatable bonds is 6. The molecule has 0 amide bonds. The Hall–Kier alpha value is -3.14. The van der Waals surface area contributed by atoms with Crippen LogP contribution in [0.2, 0.25) is 0 Å². The third-order valence-corrected chi connectivity index (χ3v) is 4.13. The van der Waals surface area contributed by atoms with Crippen LogP contribution in [0, 0.1) is 13.8 Å². The van der Waals surface area contributed by atoms with Gasteiger partial charge < -0.3 is 9.47 Å². The van der Waals surface area contributed by atoms with E-state index in [1.165, 1.54) is 0 Å². The number of aryl methyl sites for hydroxylation is 1. The van der Waals surface area contributed by atoms with Crippen molar-refractivity contribution in [2.45, 2.75) is 27.1 Å². The van der Waals surface area contributed by atoms with Gasteiger partial charge in [0.2, 0.25) is 0 Å². The number of benzene rings is 2. The first-order valence-electron chi connectivity index (χ1n) is 8.49. The Bertz CT molecular complexity index is 877. The highest BCUT2D eigenvalue weighted by Crippen LogP contribution is 2.23. The summed E-state index contributed by atoms with van der Waals surface area (Å²) in [7, 11) is 0. The van der Waals surface area contributed by atoms with E-state index in [1.54, 1.807) is 6.07 Å². The molecule has 0 unspecified atom stereocenters. The zero-order chi connectivity index (χ0) is 18.4. The Kier molecular flexibility index (Phi) is 5.64. The Morgan fingerprint density at radius 3 is 2.08 bits per heavy atom. The molecule has 0 atom stereocenters. The van der Waals surface area contributed by atoms with Gasteiger partial charge in [-0.1, -0.05) is 60.7 Å². The number of hydrogen-bond acceptors (Lipinski definition) is 4. The van der Waals surface area contributed by atoms with Crippen molar-refractivity contribution in [2.24, 2.45) is 0 Å². The van der Waals surface area contributed by atoms with Crippen molar-refractivity contribution >= 4 is 5.97 Å². The highest BCUT2D eigenvalue weighted by Gasteiger charge is 2.15. The van der Waals surface area contributed by atoms with Crippen LogP contribution in [0.4, 0.5) is 0 Å². The molecule has 0 radical (unpaired) electrons. The van der Waals surface area contributed by atoms with Crippen LogP contribution in [0.5, 0.6) is 5.75 Å². The topological polar surface area (TPSA) is 48.4 Å². The van der Waals surface area contributed by atoms with E-state index in [0.717, 1.165) is 22.4 Å². The van der Waals surface area contributed by atoms with Gasteiger partial charge in [0, 0.05) is 17.3 Å². The Morgan fingerprint density at radius 2 is 1.46 bits per heavy atom. The van der Waals surface area contributed by atoms with Gasteiger partial charge in [-0.3, -0.25) is 0 Å². The minimum absolute atomic E-state index is 0.217. The second kappa shape index (κ2) is 8.30. The van der Waals surface area contributed by atoms with E-state index in [4.69, 9.17) is 9.47 Å². The van der Waals surface area contributed by atoms with E-state index in [1.807, 2.05) is 74.5 Å². The molecular formula is C22H21NO3. The second-order valence-electron chi connectivity index (χ2n) is 6.05. The lowest BCUT2D eigenvalue weighted by Crippen LogP contribution is -2.10. The van der Waals surface area contributed by atoms with Gasteiger partial charge in [0.15, 0.2) is 5.69 Å². The fourth-order valence-corrected chi connectivity index (χ4v) is 2.49. The molecular weight excluding hydrogens is 326 g/mol. The van der Waals surface area contributed by atoms with Crippen LogP contribution in [-0.4, -0.2) is 11.0 Å². The van der Waals surface area contributed by atoms with E-state index < -0.39 is 5.97 Å². The third-order valence-electron chi connectivity index (χ3n) is 4.13. The van der Waals surface area contributed by atoms with Crippen LogP contribution in [0.1, 0.15) is 32.9 Å². The van der Waals surface area contributed by atoms with E-state index >= 15 is 0 Å². The third kappa shape index (κ3) is 4.48. The maximum atomic E-state index is 12.4. The van der Waals surface area contributed by atoms with E-state index in [2.05, 4.69) is 4.98 Å². The van der Waals surface area contributed by atoms with Crippen LogP contribution in [0.25, 0.3) is 0 Å². The molecule has 4 nitrogen and oxygen atoms in total. The second-order valence-corrected chi connectivity index (χ2v) is 6.05. The van der Waals surface area contributed by atoms with Crippen molar-refractivity contribution < 1.29 is 14.3 Å². The number of hydrogen-bond donors (Lipinski definition) is 0. The van der Waals surface area contributed by atoms with Crippen molar-refractivity contribution in [1.82, 2.24) is 4.98 Å². The number of aromatic nitrogens is 1. The van der Waals surface area contributed by atoms with E-state index in [0.29, 0.717) is 12.4 Å². The van der Waals surface area contributed by atoms with Gasteiger partial charge in [-0.05, 0) is 25.0 Å². The van der Waals surface area contributed by atoms with Gasteiger partial charge in [-0.2, -0.15) is 0 Å². The fourth-order valence-electron chi connectivity index (χ4n) is 2.49. The summed E-state index contributed by atoms with van der Waals surface area (Å²) in [6.07, 6.45) is 0. The number of esters is 1. The quantitative estimate of drug-likeness (QED) is 0.610. The number of carbonyl (C=O) groups excluding carboxylic acids is 1. The first-order valence-corrected chi connectivity index (χ1v) is 8.49. The predicted molar refractivity (Wildman–Crippen MR) is 100 cm³/mol. The van der Waals surface area contributed by atoms with Gasteiger partial charge in [-0.25, -0.2) is 9.78 Å². The molecule has 0 saturated carbocycles. The van der Waals surface area contributed by atoms with E-state index in [9.17, 15) is 4.79 Å². The molecule has 3 aromatic rings. The van der Waals surface area contributed by atoms with Crippen LogP contribution >= 0.6 is 0 Å². The molecule has 1 aromatic heterocycles. The van der Waals surface area contributed by atoms with Crippen molar-refractivity contribution in [3.8, 4) is 5.75 Å². The van der Waals surface area contributed by atoms with Crippen molar-refractivity contribution in [3.63, 3.8) is 0 Å². The summed E-state index contributed by atoms with van der Waals surface area (Å²) in [5, 5.41) is 0. The smallest absolute Gasteiger partial charge is 0.357 e. The Labute approximate surface area is 153 Å². The minimum atomic E-state index is -0.457. The standard InChI is InChI=1S/C22H21NO3/c1-16-17(2)23-20(22(24)26-15-19-11-7-4-8-12-19)13-21(16)25-14-18-9-5-3-6-10-18/h3-13H,14-15H2,1-2H3. The molecule has 4 heteroatoms. The molecule has 0 aliphatic rings. The minimum Gasteiger partial charge on any atom is -0.488 e. The van der Waals surface area contributed by atoms with Crippen molar-refractivity contribution in [2.75, 3.05) is 0 Å². The molecule has 0 aliphatic heterocycles. The highest BCUT2D eigenvalue weighted by atomic mass is 16.5. The van der Waals surface area contributed by atoms with Gasteiger partial charge >= 0.3 is 5.97 Å². The molecule has 3 rings (SSSR count). The van der Waals surface area contributed by atoms with Gasteiger partial charge in [0.05, 0.1) is 0 Å². The molecule has 0 saturated heterocycles.